The summed E-state index contributed by atoms with van der Waals surface area (Å²) < 4.78 is 10.4. The van der Waals surface area contributed by atoms with Crippen molar-refractivity contribution in [3.05, 3.63) is 12.7 Å². The van der Waals surface area contributed by atoms with E-state index in [1.54, 1.807) is 0 Å². The fourth-order valence-electron chi connectivity index (χ4n) is 1.26. The summed E-state index contributed by atoms with van der Waals surface area (Å²) >= 11 is 0. The van der Waals surface area contributed by atoms with Gasteiger partial charge in [0.15, 0.2) is 0 Å². The smallest absolute Gasteiger partial charge is 0.303 e. The molecule has 0 aromatic heterocycles. The van der Waals surface area contributed by atoms with Crippen molar-refractivity contribution < 1.29 is 14.3 Å². The third kappa shape index (κ3) is 2.84. The van der Waals surface area contributed by atoms with Gasteiger partial charge in [0.25, 0.3) is 0 Å². The number of carbonyl (C=O) groups excluding carboxylic acids is 1. The second-order valence-electron chi connectivity index (χ2n) is 3.57. The molecule has 0 amide bonds. The van der Waals surface area contributed by atoms with Gasteiger partial charge in [-0.3, -0.25) is 4.79 Å². The highest BCUT2D eigenvalue weighted by Crippen LogP contribution is 2.34. The van der Waals surface area contributed by atoms with E-state index in [1.165, 1.54) is 6.92 Å². The van der Waals surface area contributed by atoms with Crippen LogP contribution in [0.2, 0.25) is 0 Å². The summed E-state index contributed by atoms with van der Waals surface area (Å²) in [6.07, 6.45) is 3.33. The van der Waals surface area contributed by atoms with Gasteiger partial charge in [-0.25, -0.2) is 0 Å². The van der Waals surface area contributed by atoms with Crippen molar-refractivity contribution in [3.63, 3.8) is 0 Å². The molecule has 1 heterocycles. The molecule has 1 saturated heterocycles. The van der Waals surface area contributed by atoms with Gasteiger partial charge in [-0.1, -0.05) is 6.08 Å². The summed E-state index contributed by atoms with van der Waals surface area (Å²) in [5, 5.41) is 0. The fourth-order valence-corrected chi connectivity index (χ4v) is 1.26. The molecule has 0 aromatic carbocycles. The summed E-state index contributed by atoms with van der Waals surface area (Å²) in [6.45, 7) is 7.70. The molecule has 0 aliphatic carbocycles. The highest BCUT2D eigenvalue weighted by atomic mass is 16.6. The van der Waals surface area contributed by atoms with Crippen molar-refractivity contribution in [2.45, 2.75) is 38.4 Å². The Balaban J connectivity index is 2.43. The molecular weight excluding hydrogens is 168 g/mol. The van der Waals surface area contributed by atoms with Crippen molar-refractivity contribution in [1.29, 1.82) is 0 Å². The van der Waals surface area contributed by atoms with Crippen LogP contribution in [-0.2, 0) is 14.3 Å². The van der Waals surface area contributed by atoms with E-state index in [-0.39, 0.29) is 17.7 Å². The van der Waals surface area contributed by atoms with E-state index in [2.05, 4.69) is 6.58 Å². The topological polar surface area (TPSA) is 38.8 Å². The first kappa shape index (κ1) is 10.3. The molecule has 0 spiro atoms. The van der Waals surface area contributed by atoms with E-state index >= 15 is 0 Å². The minimum Gasteiger partial charge on any atom is -0.459 e. The third-order valence-corrected chi connectivity index (χ3v) is 2.22. The van der Waals surface area contributed by atoms with Crippen molar-refractivity contribution >= 4 is 5.97 Å². The number of carbonyl (C=O) groups is 1. The number of rotatable bonds is 5. The predicted octanol–water partition coefficient (Wildman–Crippen LogP) is 1.67. The van der Waals surface area contributed by atoms with Gasteiger partial charge in [0, 0.05) is 6.92 Å². The van der Waals surface area contributed by atoms with E-state index in [0.717, 1.165) is 12.8 Å². The Morgan fingerprint density at radius 2 is 2.46 bits per heavy atom. The van der Waals surface area contributed by atoms with E-state index in [0.29, 0.717) is 6.61 Å². The fraction of sp³-hybridized carbons (Fsp3) is 0.700. The van der Waals surface area contributed by atoms with Crippen LogP contribution in [0.4, 0.5) is 0 Å². The van der Waals surface area contributed by atoms with Crippen LogP contribution in [0.5, 0.6) is 0 Å². The van der Waals surface area contributed by atoms with Gasteiger partial charge < -0.3 is 9.47 Å². The first-order chi connectivity index (χ1) is 6.08. The van der Waals surface area contributed by atoms with E-state index in [4.69, 9.17) is 9.47 Å². The Bertz CT molecular complexity index is 206. The second kappa shape index (κ2) is 3.92. The molecule has 1 aliphatic rings. The third-order valence-electron chi connectivity index (χ3n) is 2.22. The van der Waals surface area contributed by atoms with Crippen LogP contribution in [-0.4, -0.2) is 24.3 Å². The van der Waals surface area contributed by atoms with Gasteiger partial charge in [-0.15, -0.1) is 6.58 Å². The molecule has 0 unspecified atom stereocenters. The predicted molar refractivity (Wildman–Crippen MR) is 49.3 cm³/mol. The lowest BCUT2D eigenvalue weighted by Gasteiger charge is -2.19. The molecule has 0 radical (unpaired) electrons. The largest absolute Gasteiger partial charge is 0.459 e. The quantitative estimate of drug-likeness (QED) is 0.370. The Labute approximate surface area is 78.7 Å². The molecule has 1 fully saturated rings. The molecule has 13 heavy (non-hydrogen) atoms. The highest BCUT2D eigenvalue weighted by Gasteiger charge is 2.48. The van der Waals surface area contributed by atoms with Crippen LogP contribution in [0, 0.1) is 0 Å². The summed E-state index contributed by atoms with van der Waals surface area (Å²) in [5.74, 6) is -0.245. The average Bonchev–Trinajstić information content (AvgIpc) is 2.78. The minimum atomic E-state index is -0.245. The Morgan fingerprint density at radius 3 is 2.85 bits per heavy atom. The molecule has 1 aliphatic heterocycles. The molecule has 1 rings (SSSR count). The Hall–Kier alpha value is -0.830. The van der Waals surface area contributed by atoms with Crippen molar-refractivity contribution in [3.8, 4) is 0 Å². The Morgan fingerprint density at radius 1 is 1.85 bits per heavy atom. The standard InChI is InChI=1S/C10H16O3/c1-4-5-6-9(13-8(2)11)10(3)7-12-10/h4,9H,1,5-7H2,2-3H3/t9-,10+/m0/s1. The van der Waals surface area contributed by atoms with E-state index in [9.17, 15) is 4.79 Å². The van der Waals surface area contributed by atoms with Gasteiger partial charge in [-0.05, 0) is 19.8 Å². The number of ether oxygens (including phenoxy) is 2. The van der Waals surface area contributed by atoms with E-state index < -0.39 is 0 Å². The second-order valence-corrected chi connectivity index (χ2v) is 3.57. The lowest BCUT2D eigenvalue weighted by atomic mass is 10.0. The lowest BCUT2D eigenvalue weighted by Crippen LogP contribution is -2.31. The molecule has 0 N–H and O–H groups in total. The molecule has 74 valence electrons. The molecule has 0 saturated carbocycles. The zero-order valence-corrected chi connectivity index (χ0v) is 8.21. The highest BCUT2D eigenvalue weighted by molar-refractivity contribution is 5.66. The van der Waals surface area contributed by atoms with Crippen molar-refractivity contribution in [1.82, 2.24) is 0 Å². The maximum absolute atomic E-state index is 10.8. The summed E-state index contributed by atoms with van der Waals surface area (Å²) in [4.78, 5) is 10.8. The zero-order valence-electron chi connectivity index (χ0n) is 8.21. The van der Waals surface area contributed by atoms with Crippen LogP contribution in [0.15, 0.2) is 12.7 Å². The first-order valence-electron chi connectivity index (χ1n) is 4.50. The average molecular weight is 184 g/mol. The molecule has 2 atom stereocenters. The van der Waals surface area contributed by atoms with Crippen LogP contribution in [0.1, 0.15) is 26.7 Å². The Kier molecular flexibility index (Phi) is 3.09. The van der Waals surface area contributed by atoms with Gasteiger partial charge in [0.05, 0.1) is 6.61 Å². The van der Waals surface area contributed by atoms with E-state index in [1.807, 2.05) is 13.0 Å². The van der Waals surface area contributed by atoms with Crippen LogP contribution < -0.4 is 0 Å². The molecule has 0 aromatic rings. The number of epoxide rings is 1. The monoisotopic (exact) mass is 184 g/mol. The maximum Gasteiger partial charge on any atom is 0.303 e. The molecule has 0 bridgehead atoms. The lowest BCUT2D eigenvalue weighted by molar-refractivity contribution is -0.150. The number of hydrogen-bond acceptors (Lipinski definition) is 3. The van der Waals surface area contributed by atoms with Crippen molar-refractivity contribution in [2.24, 2.45) is 0 Å². The van der Waals surface area contributed by atoms with Crippen LogP contribution >= 0.6 is 0 Å². The van der Waals surface area contributed by atoms with Gasteiger partial charge in [0.2, 0.25) is 0 Å². The number of hydrogen-bond donors (Lipinski definition) is 0. The summed E-state index contributed by atoms with van der Waals surface area (Å²) in [7, 11) is 0. The summed E-state index contributed by atoms with van der Waals surface area (Å²) in [5.41, 5.74) is -0.241. The van der Waals surface area contributed by atoms with Gasteiger partial charge in [-0.2, -0.15) is 0 Å². The number of esters is 1. The summed E-state index contributed by atoms with van der Waals surface area (Å²) in [6, 6.07) is 0. The van der Waals surface area contributed by atoms with Crippen LogP contribution in [0.3, 0.4) is 0 Å². The first-order valence-corrected chi connectivity index (χ1v) is 4.50. The van der Waals surface area contributed by atoms with Crippen LogP contribution in [0.25, 0.3) is 0 Å². The molecule has 3 nitrogen and oxygen atoms in total. The normalized spacial score (nSPS) is 27.8. The minimum absolute atomic E-state index is 0.122. The number of allylic oxidation sites excluding steroid dienone is 1. The van der Waals surface area contributed by atoms with Gasteiger partial charge >= 0.3 is 5.97 Å². The maximum atomic E-state index is 10.8. The van der Waals surface area contributed by atoms with Gasteiger partial charge in [0.1, 0.15) is 11.7 Å². The molecular formula is C10H16O3. The zero-order chi connectivity index (χ0) is 9.90. The molecule has 3 heteroatoms. The SMILES string of the molecule is C=CCC[C@H](OC(C)=O)[C@@]1(C)CO1. The van der Waals surface area contributed by atoms with Crippen molar-refractivity contribution in [2.75, 3.05) is 6.61 Å².